The molecular weight excluding hydrogens is 410 g/mol. The van der Waals surface area contributed by atoms with E-state index in [1.807, 2.05) is 12.1 Å². The Balaban J connectivity index is 2.06. The molecule has 32 heavy (non-hydrogen) atoms. The molecule has 2 spiro atoms. The fraction of sp³-hybridized carbons (Fsp3) is 0.304. The van der Waals surface area contributed by atoms with Crippen molar-refractivity contribution in [2.75, 3.05) is 23.9 Å². The van der Waals surface area contributed by atoms with Crippen LogP contribution in [0.15, 0.2) is 48.5 Å². The van der Waals surface area contributed by atoms with Gasteiger partial charge in [-0.05, 0) is 23.3 Å². The number of nitrogens with zero attached hydrogens (tertiary/aromatic N) is 5. The zero-order valence-corrected chi connectivity index (χ0v) is 17.3. The number of carbonyl (C=O) groups excluding carboxylic acids is 2. The van der Waals surface area contributed by atoms with Crippen LogP contribution in [0.1, 0.15) is 17.5 Å². The topological polar surface area (TPSA) is 131 Å². The van der Waals surface area contributed by atoms with Crippen LogP contribution < -0.4 is 9.80 Å². The molecule has 2 heterocycles. The Labute approximate surface area is 183 Å². The Morgan fingerprint density at radius 2 is 1.44 bits per heavy atom. The molecule has 0 N–H and O–H groups in total. The third-order valence-corrected chi connectivity index (χ3v) is 7.49. The molecule has 3 unspecified atom stereocenters. The molecule has 2 aliphatic heterocycles. The van der Waals surface area contributed by atoms with Crippen molar-refractivity contribution < 1.29 is 14.5 Å². The Bertz CT molecular complexity index is 1310. The maximum Gasteiger partial charge on any atom is 0.246 e. The van der Waals surface area contributed by atoms with E-state index in [0.717, 1.165) is 0 Å². The maximum atomic E-state index is 14.1. The van der Waals surface area contributed by atoms with Gasteiger partial charge in [0.1, 0.15) is 5.41 Å². The minimum Gasteiger partial charge on any atom is -0.314 e. The lowest BCUT2D eigenvalue weighted by atomic mass is 9.51. The highest BCUT2D eigenvalue weighted by atomic mass is 16.6. The van der Waals surface area contributed by atoms with Gasteiger partial charge in [-0.3, -0.25) is 19.7 Å². The Morgan fingerprint density at radius 1 is 0.938 bits per heavy atom. The summed E-state index contributed by atoms with van der Waals surface area (Å²) in [5, 5.41) is 33.1. The number of anilines is 2. The van der Waals surface area contributed by atoms with E-state index in [1.165, 1.54) is 23.9 Å². The number of para-hydroxylation sites is 2. The van der Waals surface area contributed by atoms with Crippen LogP contribution in [0.4, 0.5) is 11.4 Å². The molecule has 158 valence electrons. The van der Waals surface area contributed by atoms with Crippen molar-refractivity contribution in [1.29, 1.82) is 10.5 Å². The van der Waals surface area contributed by atoms with Gasteiger partial charge in [0.25, 0.3) is 0 Å². The maximum absolute atomic E-state index is 14.1. The number of rotatable bonds is 1. The second kappa shape index (κ2) is 5.92. The van der Waals surface area contributed by atoms with Gasteiger partial charge in [0, 0.05) is 30.4 Å². The molecule has 1 saturated carbocycles. The molecule has 1 fully saturated rings. The van der Waals surface area contributed by atoms with E-state index in [1.54, 1.807) is 48.5 Å². The van der Waals surface area contributed by atoms with Crippen molar-refractivity contribution in [3.63, 3.8) is 0 Å². The van der Waals surface area contributed by atoms with E-state index in [0.29, 0.717) is 22.5 Å². The van der Waals surface area contributed by atoms with Crippen molar-refractivity contribution >= 4 is 23.2 Å². The van der Waals surface area contributed by atoms with E-state index in [-0.39, 0.29) is 0 Å². The fourth-order valence-electron chi connectivity index (χ4n) is 6.33. The minimum absolute atomic E-state index is 0.290. The average molecular weight is 427 g/mol. The molecule has 2 aromatic rings. The third kappa shape index (κ3) is 1.69. The number of nitriles is 2. The van der Waals surface area contributed by atoms with Gasteiger partial charge in [0.2, 0.25) is 17.9 Å². The molecule has 5 rings (SSSR count). The number of amides is 2. The minimum atomic E-state index is -2.13. The van der Waals surface area contributed by atoms with Gasteiger partial charge >= 0.3 is 0 Å². The summed E-state index contributed by atoms with van der Waals surface area (Å²) in [6, 6.07) is 15.5. The lowest BCUT2D eigenvalue weighted by Crippen LogP contribution is -2.65. The number of hydrogen-bond acceptors (Lipinski definition) is 6. The highest BCUT2D eigenvalue weighted by Gasteiger charge is 2.88. The van der Waals surface area contributed by atoms with E-state index in [9.17, 15) is 30.2 Å². The zero-order chi connectivity index (χ0) is 23.1. The number of nitro groups is 1. The quantitative estimate of drug-likeness (QED) is 0.504. The summed E-state index contributed by atoms with van der Waals surface area (Å²) in [6.07, 6.45) is -0.547. The first-order chi connectivity index (χ1) is 15.3. The van der Waals surface area contributed by atoms with Crippen molar-refractivity contribution in [1.82, 2.24) is 0 Å². The predicted molar refractivity (Wildman–Crippen MR) is 112 cm³/mol. The van der Waals surface area contributed by atoms with Gasteiger partial charge in [-0.15, -0.1) is 0 Å². The molecule has 0 radical (unpaired) electrons. The van der Waals surface area contributed by atoms with Gasteiger partial charge in [0.05, 0.1) is 18.6 Å². The SMILES string of the molecule is CN1C(=O)C2(c3ccccc31)C([N+](=O)[O-])CC(C#N)(C#N)C21C(=O)N(C)c2ccccc21. The first kappa shape index (κ1) is 19.7. The molecule has 9 heteroatoms. The number of fused-ring (bicyclic) bond motifs is 5. The summed E-state index contributed by atoms with van der Waals surface area (Å²) in [4.78, 5) is 42.7. The molecule has 0 saturated heterocycles. The molecular formula is C23H17N5O4. The molecule has 3 aliphatic rings. The van der Waals surface area contributed by atoms with Crippen LogP contribution in [0.5, 0.6) is 0 Å². The lowest BCUT2D eigenvalue weighted by molar-refractivity contribution is -0.529. The van der Waals surface area contributed by atoms with Gasteiger partial charge in [-0.25, -0.2) is 0 Å². The predicted octanol–water partition coefficient (Wildman–Crippen LogP) is 1.90. The fourth-order valence-corrected chi connectivity index (χ4v) is 6.33. The monoisotopic (exact) mass is 427 g/mol. The van der Waals surface area contributed by atoms with Crippen LogP contribution in [0.25, 0.3) is 0 Å². The van der Waals surface area contributed by atoms with Crippen LogP contribution in [-0.4, -0.2) is 36.9 Å². The highest BCUT2D eigenvalue weighted by Crippen LogP contribution is 2.71. The van der Waals surface area contributed by atoms with E-state index in [4.69, 9.17) is 0 Å². The summed E-state index contributed by atoms with van der Waals surface area (Å²) in [7, 11) is 2.99. The molecule has 0 aromatic heterocycles. The molecule has 0 bridgehead atoms. The van der Waals surface area contributed by atoms with Crippen LogP contribution in [0, 0.1) is 38.2 Å². The molecule has 1 aliphatic carbocycles. The Hall–Kier alpha value is -4.24. The smallest absolute Gasteiger partial charge is 0.246 e. The molecule has 2 aromatic carbocycles. The van der Waals surface area contributed by atoms with Gasteiger partial charge in [-0.1, -0.05) is 36.4 Å². The number of hydrogen-bond donors (Lipinski definition) is 0. The normalized spacial score (nSPS) is 29.2. The number of benzene rings is 2. The van der Waals surface area contributed by atoms with E-state index < -0.39 is 45.4 Å². The molecule has 3 atom stereocenters. The van der Waals surface area contributed by atoms with Crippen molar-refractivity contribution in [3.8, 4) is 12.1 Å². The summed E-state index contributed by atoms with van der Waals surface area (Å²) in [5.74, 6) is -1.32. The van der Waals surface area contributed by atoms with Gasteiger partial charge in [-0.2, -0.15) is 10.5 Å². The van der Waals surface area contributed by atoms with Crippen LogP contribution in [-0.2, 0) is 20.4 Å². The highest BCUT2D eigenvalue weighted by molar-refractivity contribution is 6.20. The zero-order valence-electron chi connectivity index (χ0n) is 17.3. The second-order valence-electron chi connectivity index (χ2n) is 8.45. The van der Waals surface area contributed by atoms with Gasteiger partial charge < -0.3 is 9.80 Å². The molecule has 9 nitrogen and oxygen atoms in total. The largest absolute Gasteiger partial charge is 0.314 e. The van der Waals surface area contributed by atoms with Crippen LogP contribution in [0.3, 0.4) is 0 Å². The first-order valence-corrected chi connectivity index (χ1v) is 9.97. The number of carbonyl (C=O) groups is 2. The summed E-state index contributed by atoms with van der Waals surface area (Å²) >= 11 is 0. The average Bonchev–Trinajstić information content (AvgIpc) is 3.32. The van der Waals surface area contributed by atoms with E-state index >= 15 is 0 Å². The lowest BCUT2D eigenvalue weighted by Gasteiger charge is -2.42. The van der Waals surface area contributed by atoms with Crippen molar-refractivity contribution in [2.45, 2.75) is 23.3 Å². The standard InChI is InChI=1S/C23H17N5O4/c1-26-16-9-5-3-7-14(16)22(19(26)29)18(28(31)32)11-21(12-24,13-25)23(22)15-8-4-6-10-17(15)27(2)20(23)30/h3-10,18H,11H2,1-2H3. The van der Waals surface area contributed by atoms with Crippen LogP contribution in [0.2, 0.25) is 0 Å². The summed E-state index contributed by atoms with van der Waals surface area (Å²) < 4.78 is 0. The van der Waals surface area contributed by atoms with Crippen LogP contribution >= 0.6 is 0 Å². The number of likely N-dealkylation sites (N-methyl/N-ethyl adjacent to an activating group) is 2. The molecule has 2 amide bonds. The third-order valence-electron chi connectivity index (χ3n) is 7.49. The van der Waals surface area contributed by atoms with Crippen molar-refractivity contribution in [3.05, 3.63) is 69.8 Å². The Kier molecular flexibility index (Phi) is 3.65. The Morgan fingerprint density at radius 3 is 2.00 bits per heavy atom. The van der Waals surface area contributed by atoms with E-state index in [2.05, 4.69) is 0 Å². The van der Waals surface area contributed by atoms with Crippen molar-refractivity contribution in [2.24, 2.45) is 5.41 Å². The van der Waals surface area contributed by atoms with Gasteiger partial charge in [0.15, 0.2) is 10.8 Å². The second-order valence-corrected chi connectivity index (χ2v) is 8.45. The first-order valence-electron chi connectivity index (χ1n) is 9.97. The summed E-state index contributed by atoms with van der Waals surface area (Å²) in [6.45, 7) is 0. The summed E-state index contributed by atoms with van der Waals surface area (Å²) in [5.41, 5.74) is -4.82.